The van der Waals surface area contributed by atoms with Crippen molar-refractivity contribution in [3.63, 3.8) is 0 Å². The van der Waals surface area contributed by atoms with Gasteiger partial charge in [-0.15, -0.1) is 0 Å². The van der Waals surface area contributed by atoms with Crippen molar-refractivity contribution in [1.29, 1.82) is 0 Å². The van der Waals surface area contributed by atoms with Crippen LogP contribution in [-0.4, -0.2) is 5.97 Å². The molecular formula is C20H33O2-. The fraction of sp³-hybridized carbons (Fsp3) is 0.650. The molecule has 0 atom stereocenters. The van der Waals surface area contributed by atoms with Gasteiger partial charge in [0, 0.05) is 5.97 Å². The molecule has 2 heteroatoms. The van der Waals surface area contributed by atoms with Crippen molar-refractivity contribution < 1.29 is 9.90 Å². The van der Waals surface area contributed by atoms with E-state index in [2.05, 4.69) is 37.3 Å². The SMILES string of the molecule is CCCCCCCC/C=C\C/C=C\C/C=C\CCCC(=O)[O-]. The van der Waals surface area contributed by atoms with Crippen LogP contribution in [0.4, 0.5) is 0 Å². The van der Waals surface area contributed by atoms with E-state index in [0.717, 1.165) is 19.3 Å². The van der Waals surface area contributed by atoms with Crippen LogP contribution in [0.3, 0.4) is 0 Å². The fourth-order valence-electron chi connectivity index (χ4n) is 2.18. The van der Waals surface area contributed by atoms with E-state index in [1.54, 1.807) is 0 Å². The Morgan fingerprint density at radius 3 is 1.82 bits per heavy atom. The van der Waals surface area contributed by atoms with Crippen LogP contribution in [0, 0.1) is 0 Å². The van der Waals surface area contributed by atoms with Gasteiger partial charge in [0.1, 0.15) is 0 Å². The summed E-state index contributed by atoms with van der Waals surface area (Å²) < 4.78 is 0. The van der Waals surface area contributed by atoms with Gasteiger partial charge in [-0.3, -0.25) is 0 Å². The second kappa shape index (κ2) is 17.7. The first-order chi connectivity index (χ1) is 10.8. The van der Waals surface area contributed by atoms with Crippen LogP contribution < -0.4 is 5.11 Å². The van der Waals surface area contributed by atoms with E-state index in [1.165, 1.54) is 44.9 Å². The quantitative estimate of drug-likeness (QED) is 0.312. The Morgan fingerprint density at radius 2 is 1.23 bits per heavy atom. The van der Waals surface area contributed by atoms with Crippen molar-refractivity contribution in [3.8, 4) is 0 Å². The number of carbonyl (C=O) groups is 1. The van der Waals surface area contributed by atoms with E-state index >= 15 is 0 Å². The van der Waals surface area contributed by atoms with Gasteiger partial charge >= 0.3 is 0 Å². The van der Waals surface area contributed by atoms with Crippen LogP contribution in [0.5, 0.6) is 0 Å². The van der Waals surface area contributed by atoms with Gasteiger partial charge in [0.15, 0.2) is 0 Å². The zero-order valence-electron chi connectivity index (χ0n) is 14.3. The molecule has 0 aliphatic rings. The lowest BCUT2D eigenvalue weighted by Gasteiger charge is -1.97. The van der Waals surface area contributed by atoms with Crippen LogP contribution in [0.2, 0.25) is 0 Å². The monoisotopic (exact) mass is 305 g/mol. The largest absolute Gasteiger partial charge is 0.550 e. The molecule has 0 aromatic carbocycles. The van der Waals surface area contributed by atoms with Gasteiger partial charge in [0.25, 0.3) is 0 Å². The summed E-state index contributed by atoms with van der Waals surface area (Å²) in [6, 6.07) is 0. The zero-order valence-corrected chi connectivity index (χ0v) is 14.3. The molecule has 22 heavy (non-hydrogen) atoms. The lowest BCUT2D eigenvalue weighted by Crippen LogP contribution is -2.21. The summed E-state index contributed by atoms with van der Waals surface area (Å²) in [6.45, 7) is 2.25. The molecule has 0 saturated heterocycles. The Bertz CT molecular complexity index is 327. The van der Waals surface area contributed by atoms with Gasteiger partial charge in [-0.05, 0) is 44.9 Å². The highest BCUT2D eigenvalue weighted by atomic mass is 16.4. The summed E-state index contributed by atoms with van der Waals surface area (Å²) >= 11 is 0. The molecule has 0 fully saturated rings. The second-order valence-corrected chi connectivity index (χ2v) is 5.71. The molecule has 0 bridgehead atoms. The summed E-state index contributed by atoms with van der Waals surface area (Å²) in [7, 11) is 0. The van der Waals surface area contributed by atoms with E-state index in [1.807, 2.05) is 6.08 Å². The predicted octanol–water partition coefficient (Wildman–Crippen LogP) is 5.11. The van der Waals surface area contributed by atoms with Crippen molar-refractivity contribution >= 4 is 5.97 Å². The minimum atomic E-state index is -0.957. The Kier molecular flexibility index (Phi) is 16.7. The maximum absolute atomic E-state index is 10.2. The Labute approximate surface area is 137 Å². The molecule has 0 aliphatic carbocycles. The van der Waals surface area contributed by atoms with Gasteiger partial charge in [0.2, 0.25) is 0 Å². The third-order valence-corrected chi connectivity index (χ3v) is 3.52. The van der Waals surface area contributed by atoms with E-state index in [-0.39, 0.29) is 6.42 Å². The molecule has 0 aliphatic heterocycles. The standard InChI is InChI=1S/C20H34O2/c1-2-3-4-5-6-7-8-9-10-11-12-13-14-15-16-17-18-19-20(21)22/h9-10,12-13,15-16H,2-8,11,14,17-19H2,1H3,(H,21,22)/p-1/b10-9-,13-12-,16-15-. The van der Waals surface area contributed by atoms with Crippen molar-refractivity contribution in [3.05, 3.63) is 36.5 Å². The van der Waals surface area contributed by atoms with Crippen LogP contribution in [0.15, 0.2) is 36.5 Å². The fourth-order valence-corrected chi connectivity index (χ4v) is 2.18. The minimum Gasteiger partial charge on any atom is -0.550 e. The van der Waals surface area contributed by atoms with E-state index < -0.39 is 5.97 Å². The topological polar surface area (TPSA) is 40.1 Å². The average molecular weight is 305 g/mol. The minimum absolute atomic E-state index is 0.156. The molecule has 0 aromatic rings. The smallest absolute Gasteiger partial charge is 0.0414 e. The molecule has 0 saturated carbocycles. The second-order valence-electron chi connectivity index (χ2n) is 5.71. The maximum Gasteiger partial charge on any atom is 0.0414 e. The first-order valence-electron chi connectivity index (χ1n) is 8.92. The van der Waals surface area contributed by atoms with Crippen molar-refractivity contribution in [1.82, 2.24) is 0 Å². The number of unbranched alkanes of at least 4 members (excludes halogenated alkanes) is 7. The van der Waals surface area contributed by atoms with E-state index in [9.17, 15) is 9.90 Å². The van der Waals surface area contributed by atoms with Gasteiger partial charge in [-0.1, -0.05) is 75.5 Å². The third kappa shape index (κ3) is 18.7. The number of allylic oxidation sites excluding steroid dienone is 6. The molecule has 126 valence electrons. The Hall–Kier alpha value is -1.31. The molecule has 0 radical (unpaired) electrons. The van der Waals surface area contributed by atoms with Gasteiger partial charge in [-0.2, -0.15) is 0 Å². The Balaban J connectivity index is 3.30. The average Bonchev–Trinajstić information content (AvgIpc) is 2.50. The van der Waals surface area contributed by atoms with Crippen LogP contribution in [0.1, 0.15) is 84.0 Å². The van der Waals surface area contributed by atoms with Gasteiger partial charge in [-0.25, -0.2) is 0 Å². The Morgan fingerprint density at radius 1 is 0.727 bits per heavy atom. The molecule has 0 heterocycles. The first kappa shape index (κ1) is 20.7. The van der Waals surface area contributed by atoms with Crippen LogP contribution >= 0.6 is 0 Å². The lowest BCUT2D eigenvalue weighted by molar-refractivity contribution is -0.305. The molecule has 0 amide bonds. The summed E-state index contributed by atoms with van der Waals surface area (Å²) in [4.78, 5) is 10.2. The number of carbonyl (C=O) groups excluding carboxylic acids is 1. The molecule has 0 aromatic heterocycles. The van der Waals surface area contributed by atoms with Crippen molar-refractivity contribution in [2.75, 3.05) is 0 Å². The normalized spacial score (nSPS) is 12.0. The van der Waals surface area contributed by atoms with Crippen molar-refractivity contribution in [2.24, 2.45) is 0 Å². The summed E-state index contributed by atoms with van der Waals surface area (Å²) in [6.07, 6.45) is 26.0. The van der Waals surface area contributed by atoms with E-state index in [0.29, 0.717) is 6.42 Å². The molecule has 0 spiro atoms. The lowest BCUT2D eigenvalue weighted by atomic mass is 10.1. The summed E-state index contributed by atoms with van der Waals surface area (Å²) in [5.74, 6) is -0.957. The van der Waals surface area contributed by atoms with Crippen LogP contribution in [0.25, 0.3) is 0 Å². The molecular weight excluding hydrogens is 272 g/mol. The zero-order chi connectivity index (χ0) is 16.3. The number of hydrogen-bond donors (Lipinski definition) is 0. The number of hydrogen-bond acceptors (Lipinski definition) is 2. The maximum atomic E-state index is 10.2. The number of carboxylic acid groups (broad SMARTS) is 1. The number of carboxylic acids is 1. The summed E-state index contributed by atoms with van der Waals surface area (Å²) in [5.41, 5.74) is 0. The van der Waals surface area contributed by atoms with Crippen molar-refractivity contribution in [2.45, 2.75) is 84.0 Å². The molecule has 2 nitrogen and oxygen atoms in total. The highest BCUT2D eigenvalue weighted by Crippen LogP contribution is 2.07. The van der Waals surface area contributed by atoms with Gasteiger partial charge in [0.05, 0.1) is 0 Å². The first-order valence-corrected chi connectivity index (χ1v) is 8.92. The van der Waals surface area contributed by atoms with Gasteiger partial charge < -0.3 is 9.90 Å². The highest BCUT2D eigenvalue weighted by Gasteiger charge is 1.87. The molecule has 0 N–H and O–H groups in total. The summed E-state index contributed by atoms with van der Waals surface area (Å²) in [5, 5.41) is 10.2. The van der Waals surface area contributed by atoms with Crippen LogP contribution in [-0.2, 0) is 4.79 Å². The third-order valence-electron chi connectivity index (χ3n) is 3.52. The molecule has 0 rings (SSSR count). The predicted molar refractivity (Wildman–Crippen MR) is 93.5 cm³/mol. The number of rotatable bonds is 15. The highest BCUT2D eigenvalue weighted by molar-refractivity contribution is 5.64. The molecule has 0 unspecified atom stereocenters. The number of aliphatic carboxylic acids is 1. The van der Waals surface area contributed by atoms with E-state index in [4.69, 9.17) is 0 Å².